The van der Waals surface area contributed by atoms with Crippen LogP contribution in [0.4, 0.5) is 8.78 Å². The zero-order valence-electron chi connectivity index (χ0n) is 6.79. The van der Waals surface area contributed by atoms with Crippen molar-refractivity contribution in [1.29, 1.82) is 5.26 Å². The molecule has 1 aromatic rings. The van der Waals surface area contributed by atoms with Crippen molar-refractivity contribution >= 4 is 0 Å². The Morgan fingerprint density at radius 1 is 1.54 bits per heavy atom. The molecule has 0 atom stereocenters. The predicted molar refractivity (Wildman–Crippen MR) is 40.3 cm³/mol. The largest absolute Gasteiger partial charge is 0.415 e. The molecule has 3 nitrogen and oxygen atoms in total. The maximum atomic E-state index is 11.8. The number of alkyl halides is 2. The Morgan fingerprint density at radius 3 is 2.77 bits per heavy atom. The van der Waals surface area contributed by atoms with Crippen LogP contribution < -0.4 is 4.74 Å². The molecule has 0 saturated heterocycles. The molecule has 0 N–H and O–H groups in total. The van der Waals surface area contributed by atoms with Crippen molar-refractivity contribution in [1.82, 2.24) is 4.98 Å². The summed E-state index contributed by atoms with van der Waals surface area (Å²) in [6.07, 6.45) is 0. The van der Waals surface area contributed by atoms with Gasteiger partial charge in [0.05, 0.1) is 0 Å². The minimum atomic E-state index is -2.96. The SMILES string of the molecule is Cc1ccc(C#N)c(OC(F)F)n1. The van der Waals surface area contributed by atoms with Gasteiger partial charge in [-0.05, 0) is 19.1 Å². The Kier molecular flexibility index (Phi) is 2.75. The zero-order chi connectivity index (χ0) is 9.84. The Morgan fingerprint density at radius 2 is 2.23 bits per heavy atom. The highest BCUT2D eigenvalue weighted by atomic mass is 19.3. The number of nitriles is 1. The Labute approximate surface area is 73.6 Å². The fourth-order valence-electron chi connectivity index (χ4n) is 0.792. The highest BCUT2D eigenvalue weighted by molar-refractivity contribution is 5.38. The van der Waals surface area contributed by atoms with E-state index in [0.717, 1.165) is 0 Å². The number of hydrogen-bond acceptors (Lipinski definition) is 3. The highest BCUT2D eigenvalue weighted by Gasteiger charge is 2.10. The molecule has 0 aliphatic rings. The molecule has 0 unspecified atom stereocenters. The lowest BCUT2D eigenvalue weighted by atomic mass is 10.2. The van der Waals surface area contributed by atoms with Crippen LogP contribution in [0.1, 0.15) is 11.3 Å². The van der Waals surface area contributed by atoms with Gasteiger partial charge in [-0.15, -0.1) is 0 Å². The lowest BCUT2D eigenvalue weighted by molar-refractivity contribution is -0.0531. The summed E-state index contributed by atoms with van der Waals surface area (Å²) in [4.78, 5) is 3.66. The molecule has 5 heteroatoms. The monoisotopic (exact) mass is 184 g/mol. The quantitative estimate of drug-likeness (QED) is 0.704. The minimum Gasteiger partial charge on any atom is -0.415 e. The average Bonchev–Trinajstić information content (AvgIpc) is 2.03. The predicted octanol–water partition coefficient (Wildman–Crippen LogP) is 1.86. The maximum Gasteiger partial charge on any atom is 0.388 e. The molecular formula is C8H6F2N2O. The molecular weight excluding hydrogens is 178 g/mol. The number of hydrogen-bond donors (Lipinski definition) is 0. The normalized spacial score (nSPS) is 9.77. The third-order valence-corrected chi connectivity index (χ3v) is 1.32. The highest BCUT2D eigenvalue weighted by Crippen LogP contribution is 2.16. The van der Waals surface area contributed by atoms with Gasteiger partial charge in [-0.3, -0.25) is 0 Å². The Bertz CT molecular complexity index is 346. The van der Waals surface area contributed by atoms with Gasteiger partial charge in [0.15, 0.2) is 0 Å². The van der Waals surface area contributed by atoms with Crippen molar-refractivity contribution in [3.05, 3.63) is 23.4 Å². The number of ether oxygens (including phenoxy) is 1. The van der Waals surface area contributed by atoms with Crippen LogP contribution in [-0.2, 0) is 0 Å². The number of pyridine rings is 1. The summed E-state index contributed by atoms with van der Waals surface area (Å²) in [5.41, 5.74) is 0.528. The molecule has 0 aromatic carbocycles. The first kappa shape index (κ1) is 9.39. The molecule has 0 aliphatic carbocycles. The second-order valence-corrected chi connectivity index (χ2v) is 2.30. The molecule has 68 valence electrons. The molecule has 0 aliphatic heterocycles. The van der Waals surface area contributed by atoms with Gasteiger partial charge in [0.1, 0.15) is 11.6 Å². The van der Waals surface area contributed by atoms with Gasteiger partial charge in [-0.25, -0.2) is 4.98 Å². The van der Waals surface area contributed by atoms with Crippen LogP contribution in [0.2, 0.25) is 0 Å². The van der Waals surface area contributed by atoms with Crippen molar-refractivity contribution in [2.45, 2.75) is 13.5 Å². The summed E-state index contributed by atoms with van der Waals surface area (Å²) < 4.78 is 27.6. The molecule has 1 aromatic heterocycles. The summed E-state index contributed by atoms with van der Waals surface area (Å²) in [6, 6.07) is 4.65. The van der Waals surface area contributed by atoms with Crippen LogP contribution in [0.5, 0.6) is 5.88 Å². The van der Waals surface area contributed by atoms with Crippen molar-refractivity contribution in [2.24, 2.45) is 0 Å². The van der Waals surface area contributed by atoms with Gasteiger partial charge in [0, 0.05) is 5.69 Å². The molecule has 1 heterocycles. The van der Waals surface area contributed by atoms with E-state index in [-0.39, 0.29) is 11.4 Å². The van der Waals surface area contributed by atoms with E-state index in [9.17, 15) is 8.78 Å². The summed E-state index contributed by atoms with van der Waals surface area (Å²) >= 11 is 0. The molecule has 0 amide bonds. The van der Waals surface area contributed by atoms with Crippen LogP contribution in [0.25, 0.3) is 0 Å². The average molecular weight is 184 g/mol. The maximum absolute atomic E-state index is 11.8. The van der Waals surface area contributed by atoms with Gasteiger partial charge in [0.25, 0.3) is 0 Å². The van der Waals surface area contributed by atoms with E-state index >= 15 is 0 Å². The molecule has 0 spiro atoms. The van der Waals surface area contributed by atoms with Gasteiger partial charge in [0.2, 0.25) is 5.88 Å². The van der Waals surface area contributed by atoms with Crippen LogP contribution in [0.3, 0.4) is 0 Å². The van der Waals surface area contributed by atoms with E-state index in [1.165, 1.54) is 6.07 Å². The second-order valence-electron chi connectivity index (χ2n) is 2.30. The smallest absolute Gasteiger partial charge is 0.388 e. The van der Waals surface area contributed by atoms with Crippen LogP contribution in [-0.4, -0.2) is 11.6 Å². The minimum absolute atomic E-state index is 0.00546. The molecule has 0 radical (unpaired) electrons. The number of rotatable bonds is 2. The summed E-state index contributed by atoms with van der Waals surface area (Å²) in [5, 5.41) is 8.51. The summed E-state index contributed by atoms with van der Waals surface area (Å²) in [7, 11) is 0. The van der Waals surface area contributed by atoms with Crippen LogP contribution in [0.15, 0.2) is 12.1 Å². The van der Waals surface area contributed by atoms with Gasteiger partial charge < -0.3 is 4.74 Å². The second kappa shape index (κ2) is 3.81. The van der Waals surface area contributed by atoms with Crippen molar-refractivity contribution in [3.63, 3.8) is 0 Å². The first-order valence-corrected chi connectivity index (χ1v) is 3.46. The number of halogens is 2. The van der Waals surface area contributed by atoms with Crippen LogP contribution >= 0.6 is 0 Å². The van der Waals surface area contributed by atoms with Crippen molar-refractivity contribution < 1.29 is 13.5 Å². The summed E-state index contributed by atoms with van der Waals surface area (Å²) in [6.45, 7) is -1.33. The molecule has 13 heavy (non-hydrogen) atoms. The van der Waals surface area contributed by atoms with Crippen molar-refractivity contribution in [3.8, 4) is 11.9 Å². The van der Waals surface area contributed by atoms with E-state index in [2.05, 4.69) is 9.72 Å². The number of aromatic nitrogens is 1. The Hall–Kier alpha value is -1.70. The van der Waals surface area contributed by atoms with Gasteiger partial charge in [-0.2, -0.15) is 14.0 Å². The molecule has 0 bridgehead atoms. The summed E-state index contributed by atoms with van der Waals surface area (Å²) in [5.74, 6) is -0.322. The fourth-order valence-corrected chi connectivity index (χ4v) is 0.792. The third kappa shape index (κ3) is 2.37. The topological polar surface area (TPSA) is 45.9 Å². The number of aryl methyl sites for hydroxylation is 1. The van der Waals surface area contributed by atoms with E-state index in [0.29, 0.717) is 5.69 Å². The van der Waals surface area contributed by atoms with E-state index < -0.39 is 6.61 Å². The van der Waals surface area contributed by atoms with Gasteiger partial charge >= 0.3 is 6.61 Å². The lowest BCUT2D eigenvalue weighted by Gasteiger charge is -2.04. The molecule has 0 saturated carbocycles. The van der Waals surface area contributed by atoms with Crippen LogP contribution in [0, 0.1) is 18.3 Å². The molecule has 0 fully saturated rings. The van der Waals surface area contributed by atoms with E-state index in [4.69, 9.17) is 5.26 Å². The number of nitrogens with zero attached hydrogens (tertiary/aromatic N) is 2. The first-order chi connectivity index (χ1) is 6.13. The third-order valence-electron chi connectivity index (χ3n) is 1.32. The van der Waals surface area contributed by atoms with Gasteiger partial charge in [-0.1, -0.05) is 0 Å². The fraction of sp³-hybridized carbons (Fsp3) is 0.250. The van der Waals surface area contributed by atoms with E-state index in [1.54, 1.807) is 19.1 Å². The van der Waals surface area contributed by atoms with E-state index in [1.807, 2.05) is 0 Å². The molecule has 1 rings (SSSR count). The first-order valence-electron chi connectivity index (χ1n) is 3.46. The lowest BCUT2D eigenvalue weighted by Crippen LogP contribution is -2.05. The zero-order valence-corrected chi connectivity index (χ0v) is 6.79. The van der Waals surface area contributed by atoms with Crippen molar-refractivity contribution in [2.75, 3.05) is 0 Å². The standard InChI is InChI=1S/C8H6F2N2O/c1-5-2-3-6(4-11)7(12-5)13-8(9)10/h2-3,8H,1H3. The Balaban J connectivity index is 3.03.